The summed E-state index contributed by atoms with van der Waals surface area (Å²) < 4.78 is 25.5. The molecule has 0 N–H and O–H groups in total. The van der Waals surface area contributed by atoms with Crippen LogP contribution in [-0.4, -0.2) is 11.9 Å². The van der Waals surface area contributed by atoms with E-state index in [9.17, 15) is 19.2 Å². The van der Waals surface area contributed by atoms with Gasteiger partial charge in [-0.2, -0.15) is 5.26 Å². The largest absolute Gasteiger partial charge is 0.423 e. The molecule has 6 rings (SSSR count). The second kappa shape index (κ2) is 11.5. The molecule has 2 aromatic rings. The predicted molar refractivity (Wildman–Crippen MR) is 183 cm³/mol. The van der Waals surface area contributed by atoms with Crippen LogP contribution in [0.25, 0.3) is 0 Å². The predicted octanol–water partition coefficient (Wildman–Crippen LogP) is 10.3. The lowest BCUT2D eigenvalue weighted by Gasteiger charge is -2.71. The summed E-state index contributed by atoms with van der Waals surface area (Å²) >= 11 is 1.67. The minimum Gasteiger partial charge on any atom is -0.423 e. The number of benzene rings is 2. The monoisotopic (exact) mass is 657 g/mol. The van der Waals surface area contributed by atoms with Crippen LogP contribution in [0.5, 0.6) is 11.5 Å². The quantitative estimate of drug-likeness (QED) is 0.181. The topological polar surface area (TPSA) is 76.4 Å². The number of esters is 2. The third-order valence-corrected chi connectivity index (χ3v) is 14.3. The van der Waals surface area contributed by atoms with Crippen LogP contribution in [0, 0.1) is 51.6 Å². The number of nitrogens with zero attached hydrogens (tertiary/aromatic N) is 1. The summed E-state index contributed by atoms with van der Waals surface area (Å²) in [5, 5.41) is 10.2. The molecule has 0 heterocycles. The van der Waals surface area contributed by atoms with E-state index in [1.54, 1.807) is 11.8 Å². The third kappa shape index (κ3) is 5.16. The summed E-state index contributed by atoms with van der Waals surface area (Å²) in [6, 6.07) is 11.3. The molecule has 0 amide bonds. The smallest absolute Gasteiger partial charge is 0.308 e. The molecule has 4 aliphatic rings. The van der Waals surface area contributed by atoms with Crippen molar-refractivity contribution in [1.82, 2.24) is 0 Å². The van der Waals surface area contributed by atoms with Crippen LogP contribution < -0.4 is 9.47 Å². The van der Waals surface area contributed by atoms with Crippen LogP contribution in [0.3, 0.4) is 0 Å². The molecule has 3 fully saturated rings. The van der Waals surface area contributed by atoms with Crippen LogP contribution >= 0.6 is 11.8 Å². The molecule has 0 aliphatic heterocycles. The zero-order valence-corrected chi connectivity index (χ0v) is 30.0. The molecule has 0 bridgehead atoms. The summed E-state index contributed by atoms with van der Waals surface area (Å²) in [6.07, 6.45) is 10.7. The van der Waals surface area contributed by atoms with Crippen LogP contribution in [-0.2, 0) is 15.0 Å². The van der Waals surface area contributed by atoms with Crippen molar-refractivity contribution in [1.29, 1.82) is 5.26 Å². The van der Waals surface area contributed by atoms with E-state index >= 15 is 0 Å². The highest BCUT2D eigenvalue weighted by Crippen LogP contribution is 2.76. The highest BCUT2D eigenvalue weighted by Gasteiger charge is 2.68. The van der Waals surface area contributed by atoms with Gasteiger partial charge >= 0.3 is 11.9 Å². The number of allylic oxidation sites excluding steroid dienone is 1. The highest BCUT2D eigenvalue weighted by molar-refractivity contribution is 7.99. The van der Waals surface area contributed by atoms with E-state index in [1.807, 2.05) is 25.1 Å². The van der Waals surface area contributed by atoms with Crippen molar-refractivity contribution >= 4 is 23.7 Å². The SMILES string of the molecule is CC[C@@]12CC[C@]3(C)C(=CC(Sc4ccc(F)cc4)c4c3cc(OC(C)=O)c(OC(C)=O)c4C)[C@@]1(C)CC[C@@]1(C)CC[C@@](C)(C#N)C[C@H]12. The molecule has 5 nitrogen and oxygen atoms in total. The van der Waals surface area contributed by atoms with E-state index in [4.69, 9.17) is 9.47 Å². The Hall–Kier alpha value is -3.11. The van der Waals surface area contributed by atoms with Gasteiger partial charge in [0.2, 0.25) is 0 Å². The zero-order valence-electron chi connectivity index (χ0n) is 29.1. The number of ether oxygens (including phenoxy) is 2. The maximum Gasteiger partial charge on any atom is 0.308 e. The lowest BCUT2D eigenvalue weighted by Crippen LogP contribution is -2.63. The molecule has 1 unspecified atom stereocenters. The van der Waals surface area contributed by atoms with Crippen molar-refractivity contribution in [3.8, 4) is 17.6 Å². The van der Waals surface area contributed by atoms with E-state index in [2.05, 4.69) is 46.8 Å². The Morgan fingerprint density at radius 1 is 0.979 bits per heavy atom. The van der Waals surface area contributed by atoms with Gasteiger partial charge < -0.3 is 9.47 Å². The molecule has 0 aromatic heterocycles. The fourth-order valence-electron chi connectivity index (χ4n) is 10.6. The van der Waals surface area contributed by atoms with Crippen molar-refractivity contribution in [2.75, 3.05) is 0 Å². The number of carbonyl (C=O) groups excluding carboxylic acids is 2. The third-order valence-electron chi connectivity index (χ3n) is 13.2. The minimum atomic E-state index is -0.484. The number of halogens is 1. The summed E-state index contributed by atoms with van der Waals surface area (Å²) in [6.45, 7) is 16.5. The average molecular weight is 658 g/mol. The molecule has 3 saturated carbocycles. The van der Waals surface area contributed by atoms with Crippen LogP contribution in [0.15, 0.2) is 46.9 Å². The molecule has 0 saturated heterocycles. The van der Waals surface area contributed by atoms with E-state index in [0.29, 0.717) is 5.92 Å². The molecule has 2 aromatic carbocycles. The van der Waals surface area contributed by atoms with Gasteiger partial charge in [-0.1, -0.05) is 39.3 Å². The van der Waals surface area contributed by atoms with Crippen molar-refractivity contribution in [3.63, 3.8) is 0 Å². The second-order valence-electron chi connectivity index (χ2n) is 15.8. The first-order valence-corrected chi connectivity index (χ1v) is 18.0. The Balaban J connectivity index is 1.59. The second-order valence-corrected chi connectivity index (χ2v) is 17.0. The standard InChI is InChI=1S/C40H48FNO4S/c1-9-40-19-17-38(7)29-20-30(45-25(3)43)35(46-26(4)44)24(2)34(29)31(47-28-12-10-27(41)11-13-28)21-32(38)39(40,8)18-16-37(6)15-14-36(5,23-42)22-33(37)40/h10-13,20-21,31,33H,9,14-19,22H2,1-8H3/t31?,33-,36-,37-,38+,39-,40+/m1/s1. The van der Waals surface area contributed by atoms with Gasteiger partial charge in [-0.3, -0.25) is 9.59 Å². The molecule has 0 radical (unpaired) electrons. The number of hydrogen-bond donors (Lipinski definition) is 0. The zero-order chi connectivity index (χ0) is 34.2. The van der Waals surface area contributed by atoms with Crippen LogP contribution in [0.2, 0.25) is 0 Å². The number of hydrogen-bond acceptors (Lipinski definition) is 6. The van der Waals surface area contributed by atoms with Gasteiger partial charge in [0.1, 0.15) is 5.82 Å². The molecule has 250 valence electrons. The fraction of sp³-hybridized carbons (Fsp3) is 0.575. The number of fused-ring (bicyclic) bond motifs is 7. The Bertz CT molecular complexity index is 1710. The lowest BCUT2D eigenvalue weighted by molar-refractivity contribution is -0.164. The number of carbonyl (C=O) groups is 2. The first-order chi connectivity index (χ1) is 22.0. The van der Waals surface area contributed by atoms with Crippen LogP contribution in [0.1, 0.15) is 122 Å². The van der Waals surface area contributed by atoms with Crippen molar-refractivity contribution in [2.45, 2.75) is 122 Å². The van der Waals surface area contributed by atoms with E-state index in [-0.39, 0.29) is 49.6 Å². The summed E-state index contributed by atoms with van der Waals surface area (Å²) in [5.74, 6) is -0.273. The van der Waals surface area contributed by atoms with Gasteiger partial charge in [0.15, 0.2) is 11.5 Å². The van der Waals surface area contributed by atoms with Gasteiger partial charge in [0, 0.05) is 29.7 Å². The normalized spacial score (nSPS) is 35.6. The van der Waals surface area contributed by atoms with Gasteiger partial charge in [0.25, 0.3) is 0 Å². The van der Waals surface area contributed by atoms with Gasteiger partial charge in [-0.25, -0.2) is 4.39 Å². The summed E-state index contributed by atoms with van der Waals surface area (Å²) in [7, 11) is 0. The van der Waals surface area contributed by atoms with Gasteiger partial charge in [-0.15, -0.1) is 11.8 Å². The highest BCUT2D eigenvalue weighted by atomic mass is 32.2. The molecular formula is C40H48FNO4S. The van der Waals surface area contributed by atoms with Gasteiger partial charge in [0.05, 0.1) is 16.7 Å². The molecule has 4 aliphatic carbocycles. The van der Waals surface area contributed by atoms with Crippen LogP contribution in [0.4, 0.5) is 4.39 Å². The van der Waals surface area contributed by atoms with E-state index in [1.165, 1.54) is 31.6 Å². The molecular weight excluding hydrogens is 610 g/mol. The fourth-order valence-corrected chi connectivity index (χ4v) is 11.8. The first-order valence-electron chi connectivity index (χ1n) is 17.2. The number of rotatable bonds is 5. The van der Waals surface area contributed by atoms with E-state index in [0.717, 1.165) is 73.0 Å². The molecule has 0 spiro atoms. The van der Waals surface area contributed by atoms with Crippen molar-refractivity contribution in [2.24, 2.45) is 27.6 Å². The maximum atomic E-state index is 14.0. The summed E-state index contributed by atoms with van der Waals surface area (Å²) in [5.41, 5.74) is 3.78. The minimum absolute atomic E-state index is 0.0257. The maximum absolute atomic E-state index is 14.0. The molecule has 7 heteroatoms. The van der Waals surface area contributed by atoms with Crippen molar-refractivity contribution < 1.29 is 23.5 Å². The van der Waals surface area contributed by atoms with Crippen molar-refractivity contribution in [3.05, 3.63) is 64.5 Å². The Labute approximate surface area is 283 Å². The lowest BCUT2D eigenvalue weighted by atomic mass is 9.33. The summed E-state index contributed by atoms with van der Waals surface area (Å²) in [4.78, 5) is 25.6. The Morgan fingerprint density at radius 2 is 1.64 bits per heavy atom. The molecule has 47 heavy (non-hydrogen) atoms. The van der Waals surface area contributed by atoms with Gasteiger partial charge in [-0.05, 0) is 129 Å². The average Bonchev–Trinajstić information content (AvgIpc) is 3.01. The molecule has 7 atom stereocenters. The van der Waals surface area contributed by atoms with E-state index < -0.39 is 11.9 Å². The Morgan fingerprint density at radius 3 is 2.26 bits per heavy atom. The Kier molecular flexibility index (Phi) is 8.27. The number of thioether (sulfide) groups is 1. The number of nitriles is 1. The first kappa shape index (κ1) is 33.8.